The van der Waals surface area contributed by atoms with Gasteiger partial charge in [-0.3, -0.25) is 4.79 Å². The first-order valence-corrected chi connectivity index (χ1v) is 43.6. The number of amides is 1. The van der Waals surface area contributed by atoms with Crippen molar-refractivity contribution in [2.45, 2.75) is 415 Å². The second kappa shape index (κ2) is 74.6. The van der Waals surface area contributed by atoms with Crippen LogP contribution < -0.4 is 5.32 Å². The fourth-order valence-electron chi connectivity index (χ4n) is 13.5. The van der Waals surface area contributed by atoms with Crippen LogP contribution in [0.1, 0.15) is 341 Å². The number of hydrogen-bond donors (Lipinski definition) is 9. The monoisotopic (exact) mass is 1500 g/mol. The second-order valence-electron chi connectivity index (χ2n) is 29.9. The van der Waals surface area contributed by atoms with Gasteiger partial charge >= 0.3 is 0 Å². The van der Waals surface area contributed by atoms with Crippen molar-refractivity contribution in [3.63, 3.8) is 0 Å². The minimum Gasteiger partial charge on any atom is -0.394 e. The number of aliphatic hydroxyl groups is 8. The van der Waals surface area contributed by atoms with Crippen LogP contribution in [0.2, 0.25) is 0 Å². The van der Waals surface area contributed by atoms with Crippen molar-refractivity contribution in [3.05, 3.63) is 146 Å². The van der Waals surface area contributed by atoms with Gasteiger partial charge in [-0.1, -0.05) is 378 Å². The Bertz CT molecular complexity index is 2370. The Balaban J connectivity index is 1.62. The van der Waals surface area contributed by atoms with E-state index in [1.807, 2.05) is 0 Å². The molecule has 0 aliphatic carbocycles. The predicted molar refractivity (Wildman–Crippen MR) is 447 cm³/mol. The van der Waals surface area contributed by atoms with Crippen LogP contribution in [0.4, 0.5) is 0 Å². The molecule has 2 fully saturated rings. The normalized spacial score (nSPS) is 22.0. The zero-order chi connectivity index (χ0) is 77.2. The molecule has 2 aliphatic rings. The Kier molecular flexibility index (Phi) is 69.0. The molecule has 2 aliphatic heterocycles. The summed E-state index contributed by atoms with van der Waals surface area (Å²) in [6.07, 6.45) is 96.1. The van der Waals surface area contributed by atoms with Gasteiger partial charge in [0.1, 0.15) is 48.8 Å². The number of aliphatic hydroxyl groups excluding tert-OH is 8. The maximum Gasteiger partial charge on any atom is 0.220 e. The van der Waals surface area contributed by atoms with Gasteiger partial charge in [0.2, 0.25) is 5.91 Å². The highest BCUT2D eigenvalue weighted by molar-refractivity contribution is 5.76. The van der Waals surface area contributed by atoms with Crippen LogP contribution in [-0.2, 0) is 23.7 Å². The molecule has 107 heavy (non-hydrogen) atoms. The highest BCUT2D eigenvalue weighted by atomic mass is 16.7. The van der Waals surface area contributed by atoms with Gasteiger partial charge in [-0.25, -0.2) is 0 Å². The van der Waals surface area contributed by atoms with Crippen LogP contribution in [0.25, 0.3) is 0 Å². The van der Waals surface area contributed by atoms with Crippen LogP contribution in [0.3, 0.4) is 0 Å². The van der Waals surface area contributed by atoms with Gasteiger partial charge in [0.25, 0.3) is 0 Å². The van der Waals surface area contributed by atoms with Crippen molar-refractivity contribution >= 4 is 5.91 Å². The van der Waals surface area contributed by atoms with E-state index in [1.165, 1.54) is 180 Å². The minimum absolute atomic E-state index is 0.232. The molecule has 12 unspecified atom stereocenters. The molecule has 2 saturated heterocycles. The van der Waals surface area contributed by atoms with Crippen LogP contribution in [0.15, 0.2) is 146 Å². The summed E-state index contributed by atoms with van der Waals surface area (Å²) in [6.45, 7) is 2.77. The molecule has 0 aromatic rings. The Morgan fingerprint density at radius 3 is 0.991 bits per heavy atom. The second-order valence-corrected chi connectivity index (χ2v) is 29.9. The summed E-state index contributed by atoms with van der Waals surface area (Å²) >= 11 is 0. The van der Waals surface area contributed by atoms with E-state index in [2.05, 4.69) is 165 Å². The van der Waals surface area contributed by atoms with E-state index >= 15 is 0 Å². The molecule has 14 nitrogen and oxygen atoms in total. The van der Waals surface area contributed by atoms with E-state index in [-0.39, 0.29) is 18.9 Å². The van der Waals surface area contributed by atoms with E-state index in [4.69, 9.17) is 18.9 Å². The molecule has 0 radical (unpaired) electrons. The summed E-state index contributed by atoms with van der Waals surface area (Å²) in [5.74, 6) is -0.232. The lowest BCUT2D eigenvalue weighted by molar-refractivity contribution is -0.359. The standard InChI is InChI=1S/C93H159NO13/c1-3-5-7-9-11-13-15-17-19-21-23-25-27-29-31-33-35-37-38-39-40-41-42-43-44-45-47-49-51-53-55-57-59-61-63-65-67-69-71-73-75-77-85(98)94-81(80-104-92-90(103)88(101)91(84(79-96)106-92)107-93-89(102)87(100)86(99)83(78-95)105-93)82(97)76-74-72-70-68-66-64-62-60-58-56-54-52-50-48-46-36-34-32-30-28-26-24-22-20-18-16-14-12-10-8-6-4-2/h5,7,11,13,17,19,23,25,29,31,35,37,39-40,42-43,45,47,51,53,57,59,63,65,81-84,86-93,95-97,99-103H,3-4,6,8-10,12,14-16,18,20-22,24,26-28,30,32-34,36,38,41,44,46,48-50,52,54-56,58,60-62,64,66-80H2,1-2H3,(H,94,98)/b7-5-,13-11-,19-17-,25-23-,31-29-,37-35-,40-39-,43-42-,47-45-,53-51-,59-57-,65-63-. The van der Waals surface area contributed by atoms with E-state index in [9.17, 15) is 45.6 Å². The summed E-state index contributed by atoms with van der Waals surface area (Å²) in [6, 6.07) is -0.856. The number of rotatable bonds is 72. The molecule has 14 heteroatoms. The van der Waals surface area contributed by atoms with Gasteiger partial charge in [0, 0.05) is 6.42 Å². The minimum atomic E-state index is -1.79. The van der Waals surface area contributed by atoms with Gasteiger partial charge in [-0.2, -0.15) is 0 Å². The Morgan fingerprint density at radius 2 is 0.645 bits per heavy atom. The third-order valence-corrected chi connectivity index (χ3v) is 20.3. The number of nitrogens with one attached hydrogen (secondary N) is 1. The van der Waals surface area contributed by atoms with Crippen LogP contribution in [0.5, 0.6) is 0 Å². The van der Waals surface area contributed by atoms with Gasteiger partial charge in [-0.15, -0.1) is 0 Å². The molecule has 0 saturated carbocycles. The van der Waals surface area contributed by atoms with Gasteiger partial charge in [0.05, 0.1) is 32.0 Å². The average Bonchev–Trinajstić information content (AvgIpc) is 0.789. The van der Waals surface area contributed by atoms with Crippen molar-refractivity contribution < 1.29 is 64.6 Å². The highest BCUT2D eigenvalue weighted by Gasteiger charge is 2.51. The fourth-order valence-corrected chi connectivity index (χ4v) is 13.5. The third-order valence-electron chi connectivity index (χ3n) is 20.3. The molecule has 0 aromatic heterocycles. The first kappa shape index (κ1) is 98.9. The van der Waals surface area contributed by atoms with Gasteiger partial charge < -0.3 is 65.1 Å². The van der Waals surface area contributed by atoms with Gasteiger partial charge in [-0.05, 0) is 103 Å². The third kappa shape index (κ3) is 56.7. The molecule has 614 valence electrons. The number of unbranched alkanes of at least 4 members (excludes halogenated alkanes) is 35. The first-order chi connectivity index (χ1) is 52.6. The Labute approximate surface area is 653 Å². The topological polar surface area (TPSA) is 228 Å². The maximum absolute atomic E-state index is 13.4. The van der Waals surface area contributed by atoms with Crippen molar-refractivity contribution in [3.8, 4) is 0 Å². The summed E-state index contributed by atoms with van der Waals surface area (Å²) in [5.41, 5.74) is 0. The van der Waals surface area contributed by atoms with E-state index in [0.29, 0.717) is 12.8 Å². The molecule has 0 aromatic carbocycles. The zero-order valence-corrected chi connectivity index (χ0v) is 67.6. The molecular weight excluding hydrogens is 1340 g/mol. The highest BCUT2D eigenvalue weighted by Crippen LogP contribution is 2.30. The smallest absolute Gasteiger partial charge is 0.220 e. The maximum atomic E-state index is 13.4. The summed E-state index contributed by atoms with van der Waals surface area (Å²) < 4.78 is 23.0. The molecular formula is C93H159NO13. The summed E-state index contributed by atoms with van der Waals surface area (Å²) in [4.78, 5) is 13.4. The van der Waals surface area contributed by atoms with E-state index < -0.39 is 86.8 Å². The Morgan fingerprint density at radius 1 is 0.346 bits per heavy atom. The largest absolute Gasteiger partial charge is 0.394 e. The lowest BCUT2D eigenvalue weighted by Gasteiger charge is -2.46. The average molecular weight is 1500 g/mol. The number of allylic oxidation sites excluding steroid dienone is 24. The zero-order valence-electron chi connectivity index (χ0n) is 67.6. The number of hydrogen-bond acceptors (Lipinski definition) is 13. The summed E-state index contributed by atoms with van der Waals surface area (Å²) in [7, 11) is 0. The van der Waals surface area contributed by atoms with E-state index in [0.717, 1.165) is 128 Å². The quantitative estimate of drug-likeness (QED) is 0.0204. The van der Waals surface area contributed by atoms with Crippen molar-refractivity contribution in [1.82, 2.24) is 5.32 Å². The van der Waals surface area contributed by atoms with Crippen molar-refractivity contribution in [1.29, 1.82) is 0 Å². The lowest BCUT2D eigenvalue weighted by atomic mass is 9.97. The number of carbonyl (C=O) groups excluding carboxylic acids is 1. The number of ether oxygens (including phenoxy) is 4. The van der Waals surface area contributed by atoms with Crippen LogP contribution >= 0.6 is 0 Å². The molecule has 0 bridgehead atoms. The van der Waals surface area contributed by atoms with Crippen molar-refractivity contribution in [2.24, 2.45) is 0 Å². The SMILES string of the molecule is CC/C=C\C/C=C\C/C=C\C/C=C\C/C=C\C/C=C\C/C=C\C/C=C\C/C=C\C/C=C\C/C=C\C/C=C\CCCCCCC(=O)NC(COC1OC(CO)C(OC2OC(CO)C(O)C(O)C2O)C(O)C1O)C(O)CCCCCCCCCCCCCCCCCCCCCCCCCCCCCCCCCC. The van der Waals surface area contributed by atoms with Gasteiger partial charge in [0.15, 0.2) is 12.6 Å². The summed E-state index contributed by atoms with van der Waals surface area (Å²) in [5, 5.41) is 88.0. The fraction of sp³-hybridized carbons (Fsp3) is 0.731. The molecule has 2 rings (SSSR count). The Hall–Kier alpha value is -4.13. The van der Waals surface area contributed by atoms with E-state index in [1.54, 1.807) is 0 Å². The van der Waals surface area contributed by atoms with Crippen LogP contribution in [-0.4, -0.2) is 140 Å². The first-order valence-electron chi connectivity index (χ1n) is 43.6. The molecule has 1 amide bonds. The molecule has 2 heterocycles. The lowest BCUT2D eigenvalue weighted by Crippen LogP contribution is -2.65. The molecule has 9 N–H and O–H groups in total. The van der Waals surface area contributed by atoms with Crippen molar-refractivity contribution in [2.75, 3.05) is 19.8 Å². The number of carbonyl (C=O) groups is 1. The van der Waals surface area contributed by atoms with Crippen LogP contribution in [0, 0.1) is 0 Å². The predicted octanol–water partition coefficient (Wildman–Crippen LogP) is 21.1. The molecule has 12 atom stereocenters. The molecule has 0 spiro atoms.